The van der Waals surface area contributed by atoms with Gasteiger partial charge in [0.2, 0.25) is 0 Å². The molecule has 0 radical (unpaired) electrons. The Kier molecular flexibility index (Phi) is 3.65. The molecular formula is C8H10BrFN2. The smallest absolute Gasteiger partial charge is 0.123 e. The van der Waals surface area contributed by atoms with Crippen LogP contribution in [0.4, 0.5) is 4.39 Å². The molecule has 1 aromatic rings. The lowest BCUT2D eigenvalue weighted by molar-refractivity contribution is 0.623. The lowest BCUT2D eigenvalue weighted by Gasteiger charge is -2.03. The number of nitrogens with two attached hydrogens (primary N) is 1. The monoisotopic (exact) mass is 232 g/mol. The Morgan fingerprint density at radius 3 is 2.92 bits per heavy atom. The van der Waals surface area contributed by atoms with E-state index in [4.69, 9.17) is 5.84 Å². The lowest BCUT2D eigenvalue weighted by atomic mass is 10.1. The average molecular weight is 233 g/mol. The van der Waals surface area contributed by atoms with Crippen LogP contribution in [0.25, 0.3) is 0 Å². The largest absolute Gasteiger partial charge is 0.271 e. The van der Waals surface area contributed by atoms with Gasteiger partial charge in [0, 0.05) is 11.0 Å². The van der Waals surface area contributed by atoms with Crippen molar-refractivity contribution >= 4 is 15.9 Å². The Morgan fingerprint density at radius 2 is 2.25 bits per heavy atom. The molecule has 3 N–H and O–H groups in total. The summed E-state index contributed by atoms with van der Waals surface area (Å²) in [5.74, 6) is 4.89. The summed E-state index contributed by atoms with van der Waals surface area (Å²) >= 11 is 3.33. The van der Waals surface area contributed by atoms with Gasteiger partial charge < -0.3 is 0 Å². The maximum Gasteiger partial charge on any atom is 0.123 e. The van der Waals surface area contributed by atoms with Crippen LogP contribution in [0.1, 0.15) is 5.56 Å². The number of halogens is 2. The lowest BCUT2D eigenvalue weighted by Crippen LogP contribution is -2.24. The molecule has 0 unspecified atom stereocenters. The van der Waals surface area contributed by atoms with Crippen LogP contribution in [-0.4, -0.2) is 6.54 Å². The van der Waals surface area contributed by atoms with E-state index < -0.39 is 0 Å². The molecule has 0 bridgehead atoms. The van der Waals surface area contributed by atoms with Crippen LogP contribution >= 0.6 is 15.9 Å². The molecule has 0 aliphatic rings. The van der Waals surface area contributed by atoms with E-state index in [2.05, 4.69) is 21.4 Å². The maximum absolute atomic E-state index is 12.7. The van der Waals surface area contributed by atoms with E-state index in [1.54, 1.807) is 6.07 Å². The summed E-state index contributed by atoms with van der Waals surface area (Å²) in [5, 5.41) is 0. The van der Waals surface area contributed by atoms with Crippen molar-refractivity contribution in [1.82, 2.24) is 5.43 Å². The molecule has 0 fully saturated rings. The van der Waals surface area contributed by atoms with Gasteiger partial charge in [-0.15, -0.1) is 0 Å². The Balaban J connectivity index is 2.75. The summed E-state index contributed by atoms with van der Waals surface area (Å²) in [6.45, 7) is 0.641. The first-order valence-electron chi connectivity index (χ1n) is 3.61. The van der Waals surface area contributed by atoms with Crippen LogP contribution in [-0.2, 0) is 6.42 Å². The Hall–Kier alpha value is -0.450. The minimum absolute atomic E-state index is 0.217. The molecule has 0 atom stereocenters. The van der Waals surface area contributed by atoms with Gasteiger partial charge in [-0.05, 0) is 30.2 Å². The molecule has 1 aromatic carbocycles. The quantitative estimate of drug-likeness (QED) is 0.614. The molecule has 4 heteroatoms. The standard InChI is InChI=1S/C8H10BrFN2/c9-8-2-1-7(10)5-6(8)3-4-12-11/h1-2,5,12H,3-4,11H2. The van der Waals surface area contributed by atoms with Crippen LogP contribution in [0.5, 0.6) is 0 Å². The predicted molar refractivity (Wildman–Crippen MR) is 50.0 cm³/mol. The van der Waals surface area contributed by atoms with Crippen molar-refractivity contribution < 1.29 is 4.39 Å². The van der Waals surface area contributed by atoms with Gasteiger partial charge in [0.25, 0.3) is 0 Å². The minimum Gasteiger partial charge on any atom is -0.271 e. The topological polar surface area (TPSA) is 38.0 Å². The van der Waals surface area contributed by atoms with Crippen molar-refractivity contribution in [3.63, 3.8) is 0 Å². The highest BCUT2D eigenvalue weighted by Crippen LogP contribution is 2.17. The van der Waals surface area contributed by atoms with E-state index >= 15 is 0 Å². The second-order valence-electron chi connectivity index (χ2n) is 2.44. The van der Waals surface area contributed by atoms with Crippen LogP contribution in [0.2, 0.25) is 0 Å². The summed E-state index contributed by atoms with van der Waals surface area (Å²) in [5.41, 5.74) is 3.44. The Labute approximate surface area is 79.1 Å². The van der Waals surface area contributed by atoms with Gasteiger partial charge in [0.15, 0.2) is 0 Å². The average Bonchev–Trinajstić information content (AvgIpc) is 2.07. The summed E-state index contributed by atoms with van der Waals surface area (Å²) in [4.78, 5) is 0. The van der Waals surface area contributed by atoms with Crippen molar-refractivity contribution in [2.75, 3.05) is 6.54 Å². The third kappa shape index (κ3) is 2.55. The zero-order chi connectivity index (χ0) is 8.97. The summed E-state index contributed by atoms with van der Waals surface area (Å²) in [6, 6.07) is 4.62. The van der Waals surface area contributed by atoms with Gasteiger partial charge in [-0.3, -0.25) is 11.3 Å². The van der Waals surface area contributed by atoms with E-state index in [1.807, 2.05) is 0 Å². The van der Waals surface area contributed by atoms with Crippen molar-refractivity contribution in [3.8, 4) is 0 Å². The van der Waals surface area contributed by atoms with Crippen molar-refractivity contribution in [3.05, 3.63) is 34.1 Å². The zero-order valence-electron chi connectivity index (χ0n) is 6.48. The first kappa shape index (κ1) is 9.64. The van der Waals surface area contributed by atoms with Crippen molar-refractivity contribution in [2.24, 2.45) is 5.84 Å². The fourth-order valence-corrected chi connectivity index (χ4v) is 1.39. The molecule has 1 rings (SSSR count). The summed E-state index contributed by atoms with van der Waals surface area (Å²) in [7, 11) is 0. The molecule has 0 aromatic heterocycles. The molecular weight excluding hydrogens is 223 g/mol. The van der Waals surface area contributed by atoms with E-state index in [1.165, 1.54) is 12.1 Å². The number of nitrogens with one attached hydrogen (secondary N) is 1. The molecule has 0 aliphatic carbocycles. The number of hydrazine groups is 1. The van der Waals surface area contributed by atoms with Crippen LogP contribution in [0.3, 0.4) is 0 Å². The molecule has 0 saturated carbocycles. The molecule has 0 saturated heterocycles. The number of benzene rings is 1. The van der Waals surface area contributed by atoms with Crippen LogP contribution in [0.15, 0.2) is 22.7 Å². The van der Waals surface area contributed by atoms with Gasteiger partial charge in [0.1, 0.15) is 5.82 Å². The van der Waals surface area contributed by atoms with Crippen molar-refractivity contribution in [2.45, 2.75) is 6.42 Å². The van der Waals surface area contributed by atoms with Crippen LogP contribution < -0.4 is 11.3 Å². The highest BCUT2D eigenvalue weighted by Gasteiger charge is 2.00. The van der Waals surface area contributed by atoms with Gasteiger partial charge in [-0.25, -0.2) is 4.39 Å². The molecule has 0 aliphatic heterocycles. The maximum atomic E-state index is 12.7. The van der Waals surface area contributed by atoms with Gasteiger partial charge in [-0.1, -0.05) is 15.9 Å². The minimum atomic E-state index is -0.217. The van der Waals surface area contributed by atoms with E-state index in [-0.39, 0.29) is 5.82 Å². The summed E-state index contributed by atoms with van der Waals surface area (Å²) in [6.07, 6.45) is 0.717. The first-order chi connectivity index (χ1) is 5.74. The van der Waals surface area contributed by atoms with Gasteiger partial charge >= 0.3 is 0 Å². The fraction of sp³-hybridized carbons (Fsp3) is 0.250. The van der Waals surface area contributed by atoms with Gasteiger partial charge in [0.05, 0.1) is 0 Å². The highest BCUT2D eigenvalue weighted by atomic mass is 79.9. The second-order valence-corrected chi connectivity index (χ2v) is 3.29. The zero-order valence-corrected chi connectivity index (χ0v) is 8.07. The fourth-order valence-electron chi connectivity index (χ4n) is 0.942. The molecule has 0 amide bonds. The second kappa shape index (κ2) is 4.54. The van der Waals surface area contributed by atoms with E-state index in [9.17, 15) is 4.39 Å². The third-order valence-corrected chi connectivity index (χ3v) is 2.32. The van der Waals surface area contributed by atoms with E-state index in [0.29, 0.717) is 6.54 Å². The molecule has 12 heavy (non-hydrogen) atoms. The number of rotatable bonds is 3. The number of hydrogen-bond acceptors (Lipinski definition) is 2. The summed E-state index contributed by atoms with van der Waals surface area (Å²) < 4.78 is 13.6. The molecule has 0 spiro atoms. The van der Waals surface area contributed by atoms with Gasteiger partial charge in [-0.2, -0.15) is 0 Å². The molecule has 0 heterocycles. The normalized spacial score (nSPS) is 10.2. The Morgan fingerprint density at radius 1 is 1.50 bits per heavy atom. The third-order valence-electron chi connectivity index (χ3n) is 1.55. The SMILES string of the molecule is NNCCc1cc(F)ccc1Br. The molecule has 2 nitrogen and oxygen atoms in total. The predicted octanol–water partition coefficient (Wildman–Crippen LogP) is 1.59. The van der Waals surface area contributed by atoms with Crippen LogP contribution in [0, 0.1) is 5.82 Å². The highest BCUT2D eigenvalue weighted by molar-refractivity contribution is 9.10. The first-order valence-corrected chi connectivity index (χ1v) is 4.40. The van der Waals surface area contributed by atoms with E-state index in [0.717, 1.165) is 16.5 Å². The van der Waals surface area contributed by atoms with Crippen molar-refractivity contribution in [1.29, 1.82) is 0 Å². The molecule has 66 valence electrons. The number of hydrogen-bond donors (Lipinski definition) is 2. The Bertz CT molecular complexity index is 265.